The maximum atomic E-state index is 11.8. The highest BCUT2D eigenvalue weighted by Crippen LogP contribution is 2.38. The summed E-state index contributed by atoms with van der Waals surface area (Å²) in [5.41, 5.74) is 0.918. The zero-order chi connectivity index (χ0) is 13.3. The van der Waals surface area contributed by atoms with E-state index in [1.807, 2.05) is 20.8 Å². The van der Waals surface area contributed by atoms with Crippen molar-refractivity contribution in [2.24, 2.45) is 0 Å². The fraction of sp³-hybridized carbons (Fsp3) is 0.786. The van der Waals surface area contributed by atoms with Crippen molar-refractivity contribution >= 4 is 6.09 Å². The Morgan fingerprint density at radius 1 is 1.56 bits per heavy atom. The van der Waals surface area contributed by atoms with Crippen molar-refractivity contribution in [2.45, 2.75) is 57.8 Å². The second-order valence-corrected chi connectivity index (χ2v) is 6.10. The van der Waals surface area contributed by atoms with Crippen molar-refractivity contribution in [3.63, 3.8) is 0 Å². The van der Waals surface area contributed by atoms with Crippen molar-refractivity contribution in [2.75, 3.05) is 13.6 Å². The summed E-state index contributed by atoms with van der Waals surface area (Å²) < 4.78 is 10.9. The Kier molecular flexibility index (Phi) is 3.66. The average molecular weight is 253 g/mol. The summed E-state index contributed by atoms with van der Waals surface area (Å²) in [4.78, 5) is 13.4. The van der Waals surface area contributed by atoms with Crippen LogP contribution in [0.5, 0.6) is 0 Å². The van der Waals surface area contributed by atoms with Gasteiger partial charge in [-0.1, -0.05) is 6.08 Å². The van der Waals surface area contributed by atoms with Gasteiger partial charge in [-0.2, -0.15) is 0 Å². The average Bonchev–Trinajstić information content (AvgIpc) is 3.02. The Balaban J connectivity index is 1.76. The molecule has 18 heavy (non-hydrogen) atoms. The van der Waals surface area contributed by atoms with E-state index in [0.717, 1.165) is 19.3 Å². The number of epoxide rings is 1. The van der Waals surface area contributed by atoms with Gasteiger partial charge in [-0.3, -0.25) is 0 Å². The molecule has 0 spiro atoms. The third-order valence-electron chi connectivity index (χ3n) is 3.25. The number of rotatable bonds is 3. The van der Waals surface area contributed by atoms with E-state index in [0.29, 0.717) is 18.8 Å². The molecular weight excluding hydrogens is 230 g/mol. The minimum Gasteiger partial charge on any atom is -0.444 e. The molecule has 0 saturated carbocycles. The quantitative estimate of drug-likeness (QED) is 0.573. The van der Waals surface area contributed by atoms with Gasteiger partial charge in [0.05, 0.1) is 6.10 Å². The lowest BCUT2D eigenvalue weighted by atomic mass is 9.97. The first-order valence-corrected chi connectivity index (χ1v) is 6.65. The van der Waals surface area contributed by atoms with Crippen LogP contribution in [0.2, 0.25) is 0 Å². The molecule has 0 unspecified atom stereocenters. The number of carbonyl (C=O) groups is 1. The largest absolute Gasteiger partial charge is 0.444 e. The van der Waals surface area contributed by atoms with Crippen molar-refractivity contribution in [3.05, 3.63) is 11.6 Å². The van der Waals surface area contributed by atoms with Crippen molar-refractivity contribution in [3.8, 4) is 0 Å². The van der Waals surface area contributed by atoms with Gasteiger partial charge in [0.1, 0.15) is 11.7 Å². The third-order valence-corrected chi connectivity index (χ3v) is 3.25. The lowest BCUT2D eigenvalue weighted by Gasteiger charge is -2.25. The molecule has 0 aromatic heterocycles. The highest BCUT2D eigenvalue weighted by atomic mass is 16.6. The van der Waals surface area contributed by atoms with E-state index in [2.05, 4.69) is 6.08 Å². The minimum absolute atomic E-state index is 0.257. The molecule has 4 heteroatoms. The van der Waals surface area contributed by atoms with Crippen LogP contribution in [-0.2, 0) is 9.47 Å². The summed E-state index contributed by atoms with van der Waals surface area (Å²) in [5, 5.41) is 0. The minimum atomic E-state index is -0.430. The zero-order valence-corrected chi connectivity index (χ0v) is 11.7. The van der Waals surface area contributed by atoms with Gasteiger partial charge >= 0.3 is 6.09 Å². The van der Waals surface area contributed by atoms with E-state index in [4.69, 9.17) is 9.47 Å². The summed E-state index contributed by atoms with van der Waals surface area (Å²) in [6.45, 7) is 6.33. The summed E-state index contributed by atoms with van der Waals surface area (Å²) >= 11 is 0. The predicted octanol–water partition coefficient (Wildman–Crippen LogP) is 2.73. The fourth-order valence-electron chi connectivity index (χ4n) is 2.21. The van der Waals surface area contributed by atoms with Gasteiger partial charge in [0.2, 0.25) is 0 Å². The Morgan fingerprint density at radius 2 is 2.28 bits per heavy atom. The van der Waals surface area contributed by atoms with E-state index >= 15 is 0 Å². The molecule has 1 saturated heterocycles. The second-order valence-electron chi connectivity index (χ2n) is 6.10. The molecular formula is C14H23NO3. The highest BCUT2D eigenvalue weighted by Gasteiger charge is 2.42. The number of amides is 1. The van der Waals surface area contributed by atoms with Gasteiger partial charge in [0, 0.05) is 13.6 Å². The SMILES string of the molecule is CN(CCC1=CCC[C@H]2O[C@@H]12)C(=O)OC(C)(C)C. The molecule has 1 aliphatic carbocycles. The van der Waals surface area contributed by atoms with Gasteiger partial charge in [0.25, 0.3) is 0 Å². The number of fused-ring (bicyclic) bond motifs is 1. The molecule has 0 aromatic carbocycles. The van der Waals surface area contributed by atoms with Gasteiger partial charge in [0.15, 0.2) is 0 Å². The van der Waals surface area contributed by atoms with E-state index in [1.54, 1.807) is 11.9 Å². The van der Waals surface area contributed by atoms with Crippen molar-refractivity contribution in [1.82, 2.24) is 4.90 Å². The number of hydrogen-bond donors (Lipinski definition) is 0. The number of ether oxygens (including phenoxy) is 2. The maximum Gasteiger partial charge on any atom is 0.410 e. The van der Waals surface area contributed by atoms with Crippen molar-refractivity contribution in [1.29, 1.82) is 0 Å². The van der Waals surface area contributed by atoms with E-state index in [9.17, 15) is 4.79 Å². The molecule has 2 atom stereocenters. The maximum absolute atomic E-state index is 11.8. The van der Waals surface area contributed by atoms with Crippen LogP contribution in [0.4, 0.5) is 4.79 Å². The molecule has 1 heterocycles. The monoisotopic (exact) mass is 253 g/mol. The Hall–Kier alpha value is -1.03. The summed E-state index contributed by atoms with van der Waals surface area (Å²) in [5.74, 6) is 0. The van der Waals surface area contributed by atoms with Gasteiger partial charge in [-0.05, 0) is 45.6 Å². The molecule has 102 valence electrons. The van der Waals surface area contributed by atoms with Gasteiger partial charge in [-0.15, -0.1) is 0 Å². The zero-order valence-electron chi connectivity index (χ0n) is 11.7. The number of nitrogens with zero attached hydrogens (tertiary/aromatic N) is 1. The molecule has 0 bridgehead atoms. The van der Waals surface area contributed by atoms with Crippen LogP contribution in [0.15, 0.2) is 11.6 Å². The smallest absolute Gasteiger partial charge is 0.410 e. The molecule has 2 rings (SSSR count). The van der Waals surface area contributed by atoms with E-state index in [1.165, 1.54) is 5.57 Å². The Morgan fingerprint density at radius 3 is 2.94 bits per heavy atom. The van der Waals surface area contributed by atoms with Crippen LogP contribution < -0.4 is 0 Å². The molecule has 4 nitrogen and oxygen atoms in total. The first-order valence-electron chi connectivity index (χ1n) is 6.65. The predicted molar refractivity (Wildman–Crippen MR) is 69.5 cm³/mol. The molecule has 0 N–H and O–H groups in total. The standard InChI is InChI=1S/C14H23NO3/c1-14(2,3)18-13(16)15(4)9-8-10-6-5-7-11-12(10)17-11/h6,11-12H,5,7-9H2,1-4H3/t11-,12+/m1/s1. The van der Waals surface area contributed by atoms with Crippen LogP contribution >= 0.6 is 0 Å². The van der Waals surface area contributed by atoms with E-state index in [-0.39, 0.29) is 6.09 Å². The molecule has 1 aliphatic heterocycles. The van der Waals surface area contributed by atoms with Crippen LogP contribution in [0, 0.1) is 0 Å². The van der Waals surface area contributed by atoms with Crippen molar-refractivity contribution < 1.29 is 14.3 Å². The van der Waals surface area contributed by atoms with Crippen LogP contribution in [0.3, 0.4) is 0 Å². The third kappa shape index (κ3) is 3.48. The Labute approximate surface area is 109 Å². The van der Waals surface area contributed by atoms with Crippen LogP contribution in [0.1, 0.15) is 40.0 Å². The highest BCUT2D eigenvalue weighted by molar-refractivity contribution is 5.67. The topological polar surface area (TPSA) is 42.1 Å². The molecule has 0 aromatic rings. The van der Waals surface area contributed by atoms with Gasteiger partial charge < -0.3 is 14.4 Å². The van der Waals surface area contributed by atoms with Crippen LogP contribution in [0.25, 0.3) is 0 Å². The number of carbonyl (C=O) groups excluding carboxylic acids is 1. The molecule has 2 aliphatic rings. The van der Waals surface area contributed by atoms with Gasteiger partial charge in [-0.25, -0.2) is 4.79 Å². The van der Waals surface area contributed by atoms with E-state index < -0.39 is 5.60 Å². The fourth-order valence-corrected chi connectivity index (χ4v) is 2.21. The first kappa shape index (κ1) is 13.4. The molecule has 1 fully saturated rings. The van der Waals surface area contributed by atoms with Crippen LogP contribution in [-0.4, -0.2) is 42.4 Å². The molecule has 1 amide bonds. The summed E-state index contributed by atoms with van der Waals surface area (Å²) in [6.07, 6.45) is 5.94. The second kappa shape index (κ2) is 4.92. The lowest BCUT2D eigenvalue weighted by Crippen LogP contribution is -2.35. The summed E-state index contributed by atoms with van der Waals surface area (Å²) in [7, 11) is 1.78. The normalized spacial score (nSPS) is 26.1. The Bertz CT molecular complexity index is 357. The summed E-state index contributed by atoms with van der Waals surface area (Å²) in [6, 6.07) is 0. The molecule has 0 radical (unpaired) electrons. The first-order chi connectivity index (χ1) is 8.37. The number of hydrogen-bond acceptors (Lipinski definition) is 3. The number of allylic oxidation sites excluding steroid dienone is 1. The lowest BCUT2D eigenvalue weighted by molar-refractivity contribution is 0.0300.